The van der Waals surface area contributed by atoms with E-state index in [2.05, 4.69) is 39.3 Å². The summed E-state index contributed by atoms with van der Waals surface area (Å²) in [5, 5.41) is 6.54. The lowest BCUT2D eigenvalue weighted by Gasteiger charge is -2.44. The second-order valence-electron chi connectivity index (χ2n) is 8.75. The number of piperidine rings is 3. The van der Waals surface area contributed by atoms with Crippen molar-refractivity contribution in [2.75, 3.05) is 37.6 Å². The van der Waals surface area contributed by atoms with Crippen LogP contribution in [0.1, 0.15) is 37.0 Å². The van der Waals surface area contributed by atoms with Crippen LogP contribution in [0.4, 0.5) is 10.4 Å². The third-order valence-electron chi connectivity index (χ3n) is 6.75. The number of hydrogen-bond acceptors (Lipinski definition) is 6. The summed E-state index contributed by atoms with van der Waals surface area (Å²) in [5.41, 5.74) is 0.736. The van der Waals surface area contributed by atoms with Gasteiger partial charge in [-0.1, -0.05) is 0 Å². The first-order valence-electron chi connectivity index (χ1n) is 10.6. The van der Waals surface area contributed by atoms with Crippen LogP contribution in [0.2, 0.25) is 0 Å². The fourth-order valence-electron chi connectivity index (χ4n) is 5.14. The average molecular weight is 438 g/mol. The van der Waals surface area contributed by atoms with Crippen LogP contribution in [0.15, 0.2) is 16.5 Å². The van der Waals surface area contributed by atoms with Crippen LogP contribution in [-0.2, 0) is 0 Å². The SMILES string of the molecule is C[C@H]1CNC[C@H](C)N1c1nc2c(C(=O)N[C@@H]3CN4CCC3CC4)ccc(F)c2o1.Cl. The highest BCUT2D eigenvalue weighted by Gasteiger charge is 2.36. The first-order chi connectivity index (χ1) is 14.0. The molecule has 0 spiro atoms. The second kappa shape index (κ2) is 8.32. The summed E-state index contributed by atoms with van der Waals surface area (Å²) in [4.78, 5) is 22.1. The Hall–Kier alpha value is -1.90. The van der Waals surface area contributed by atoms with Crippen LogP contribution >= 0.6 is 12.4 Å². The molecule has 1 aromatic carbocycles. The van der Waals surface area contributed by atoms with Gasteiger partial charge in [-0.15, -0.1) is 12.4 Å². The molecule has 30 heavy (non-hydrogen) atoms. The summed E-state index contributed by atoms with van der Waals surface area (Å²) < 4.78 is 20.3. The molecular formula is C21H29ClFN5O2. The van der Waals surface area contributed by atoms with Crippen LogP contribution in [0.3, 0.4) is 0 Å². The number of rotatable bonds is 3. The molecule has 0 radical (unpaired) electrons. The Labute approximate surface area is 181 Å². The highest BCUT2D eigenvalue weighted by Crippen LogP contribution is 2.31. The zero-order chi connectivity index (χ0) is 20.1. The van der Waals surface area contributed by atoms with Crippen molar-refractivity contribution in [2.45, 2.75) is 44.8 Å². The van der Waals surface area contributed by atoms with E-state index in [0.717, 1.165) is 45.6 Å². The molecule has 4 aliphatic heterocycles. The molecule has 4 saturated heterocycles. The third-order valence-corrected chi connectivity index (χ3v) is 6.75. The maximum absolute atomic E-state index is 14.5. The molecule has 7 nitrogen and oxygen atoms in total. The number of anilines is 1. The van der Waals surface area contributed by atoms with Crippen LogP contribution in [0.5, 0.6) is 0 Å². The van der Waals surface area contributed by atoms with E-state index in [-0.39, 0.29) is 42.0 Å². The molecule has 164 valence electrons. The van der Waals surface area contributed by atoms with Crippen molar-refractivity contribution in [1.29, 1.82) is 0 Å². The van der Waals surface area contributed by atoms with Crippen LogP contribution < -0.4 is 15.5 Å². The first-order valence-corrected chi connectivity index (χ1v) is 10.6. The number of piperazine rings is 1. The number of oxazole rings is 1. The van der Waals surface area contributed by atoms with Gasteiger partial charge >= 0.3 is 0 Å². The molecule has 2 bridgehead atoms. The minimum atomic E-state index is -0.492. The molecule has 0 unspecified atom stereocenters. The summed E-state index contributed by atoms with van der Waals surface area (Å²) >= 11 is 0. The van der Waals surface area contributed by atoms with Gasteiger partial charge in [0.15, 0.2) is 11.4 Å². The molecule has 2 aromatic rings. The van der Waals surface area contributed by atoms with Gasteiger partial charge in [-0.25, -0.2) is 4.39 Å². The molecular weight excluding hydrogens is 409 g/mol. The number of carbonyl (C=O) groups excluding carboxylic acids is 1. The Bertz CT molecular complexity index is 920. The van der Waals surface area contributed by atoms with Crippen LogP contribution in [0.25, 0.3) is 11.1 Å². The summed E-state index contributed by atoms with van der Waals surface area (Å²) in [6, 6.07) is 3.67. The van der Waals surface area contributed by atoms with E-state index in [1.807, 2.05) is 0 Å². The van der Waals surface area contributed by atoms with E-state index < -0.39 is 5.82 Å². The topological polar surface area (TPSA) is 73.6 Å². The number of carbonyl (C=O) groups is 1. The number of fused-ring (bicyclic) bond motifs is 4. The number of nitrogens with zero attached hydrogens (tertiary/aromatic N) is 3. The van der Waals surface area contributed by atoms with Gasteiger partial charge in [0.25, 0.3) is 11.9 Å². The first kappa shape index (κ1) is 21.3. The van der Waals surface area contributed by atoms with E-state index in [0.29, 0.717) is 23.0 Å². The van der Waals surface area contributed by atoms with Gasteiger partial charge in [-0.3, -0.25) is 4.79 Å². The Morgan fingerprint density at radius 2 is 1.93 bits per heavy atom. The molecule has 5 heterocycles. The van der Waals surface area contributed by atoms with Gasteiger partial charge < -0.3 is 24.9 Å². The molecule has 1 amide bonds. The quantitative estimate of drug-likeness (QED) is 0.768. The maximum atomic E-state index is 14.5. The summed E-state index contributed by atoms with van der Waals surface area (Å²) in [6.07, 6.45) is 2.24. The van der Waals surface area contributed by atoms with E-state index >= 15 is 0 Å². The fourth-order valence-corrected chi connectivity index (χ4v) is 5.14. The van der Waals surface area contributed by atoms with Gasteiger partial charge in [-0.2, -0.15) is 4.98 Å². The third kappa shape index (κ3) is 3.65. The van der Waals surface area contributed by atoms with E-state index in [9.17, 15) is 9.18 Å². The molecule has 4 fully saturated rings. The normalized spacial score (nSPS) is 30.9. The highest BCUT2D eigenvalue weighted by atomic mass is 35.5. The predicted octanol–water partition coefficient (Wildman–Crippen LogP) is 2.40. The van der Waals surface area contributed by atoms with Gasteiger partial charge in [0.2, 0.25) is 0 Å². The smallest absolute Gasteiger partial charge is 0.299 e. The number of aromatic nitrogens is 1. The summed E-state index contributed by atoms with van der Waals surface area (Å²) in [6.45, 7) is 8.89. The predicted molar refractivity (Wildman–Crippen MR) is 116 cm³/mol. The lowest BCUT2D eigenvalue weighted by atomic mass is 9.84. The van der Waals surface area contributed by atoms with Crippen molar-refractivity contribution in [3.63, 3.8) is 0 Å². The van der Waals surface area contributed by atoms with Crippen molar-refractivity contribution >= 4 is 35.4 Å². The second-order valence-corrected chi connectivity index (χ2v) is 8.75. The lowest BCUT2D eigenvalue weighted by molar-refractivity contribution is 0.0621. The summed E-state index contributed by atoms with van der Waals surface area (Å²) in [5.74, 6) is -0.168. The average Bonchev–Trinajstić information content (AvgIpc) is 3.14. The van der Waals surface area contributed by atoms with Crippen molar-refractivity contribution in [3.8, 4) is 0 Å². The van der Waals surface area contributed by atoms with Gasteiger partial charge in [0, 0.05) is 37.8 Å². The molecule has 0 saturated carbocycles. The van der Waals surface area contributed by atoms with Gasteiger partial charge in [0.05, 0.1) is 5.56 Å². The van der Waals surface area contributed by atoms with Crippen molar-refractivity contribution in [2.24, 2.45) is 5.92 Å². The number of amides is 1. The maximum Gasteiger partial charge on any atom is 0.299 e. The van der Waals surface area contributed by atoms with Crippen molar-refractivity contribution < 1.29 is 13.6 Å². The van der Waals surface area contributed by atoms with Crippen molar-refractivity contribution in [3.05, 3.63) is 23.5 Å². The minimum absolute atomic E-state index is 0. The summed E-state index contributed by atoms with van der Waals surface area (Å²) in [7, 11) is 0. The zero-order valence-corrected chi connectivity index (χ0v) is 18.2. The van der Waals surface area contributed by atoms with Crippen LogP contribution in [-0.4, -0.2) is 66.6 Å². The molecule has 4 aliphatic rings. The standard InChI is InChI=1S/C21H28FN5O2.ClH/c1-12-9-23-10-13(2)27(12)21-25-18-15(3-4-16(22)19(18)29-21)20(28)24-17-11-26-7-5-14(17)6-8-26;/h3-4,12-14,17,23H,5-11H2,1-2H3,(H,24,28);1H/t12-,13-,17+;/m0./s1. The number of hydrogen-bond donors (Lipinski definition) is 2. The van der Waals surface area contributed by atoms with Gasteiger partial charge in [0.1, 0.15) is 5.52 Å². The van der Waals surface area contributed by atoms with E-state index in [1.54, 1.807) is 0 Å². The molecule has 0 aliphatic carbocycles. The Morgan fingerprint density at radius 1 is 1.23 bits per heavy atom. The minimum Gasteiger partial charge on any atom is -0.420 e. The highest BCUT2D eigenvalue weighted by molar-refractivity contribution is 6.05. The fraction of sp³-hybridized carbons (Fsp3) is 0.619. The van der Waals surface area contributed by atoms with E-state index in [4.69, 9.17) is 4.42 Å². The number of benzene rings is 1. The van der Waals surface area contributed by atoms with E-state index in [1.165, 1.54) is 12.1 Å². The molecule has 9 heteroatoms. The Kier molecular flexibility index (Phi) is 5.92. The number of halogens is 2. The van der Waals surface area contributed by atoms with Gasteiger partial charge in [-0.05, 0) is 57.8 Å². The number of nitrogens with one attached hydrogen (secondary N) is 2. The molecule has 1 aromatic heterocycles. The lowest BCUT2D eigenvalue weighted by Crippen LogP contribution is -2.57. The molecule has 6 rings (SSSR count). The molecule has 3 atom stereocenters. The largest absolute Gasteiger partial charge is 0.420 e. The Morgan fingerprint density at radius 3 is 2.57 bits per heavy atom. The Balaban J connectivity index is 0.00000218. The van der Waals surface area contributed by atoms with Crippen LogP contribution in [0, 0.1) is 11.7 Å². The zero-order valence-electron chi connectivity index (χ0n) is 17.4. The van der Waals surface area contributed by atoms with Crippen molar-refractivity contribution in [1.82, 2.24) is 20.5 Å². The molecule has 2 N–H and O–H groups in total. The monoisotopic (exact) mass is 437 g/mol.